The van der Waals surface area contributed by atoms with Gasteiger partial charge in [0.05, 0.1) is 32.0 Å². The van der Waals surface area contributed by atoms with E-state index in [1.54, 1.807) is 20.3 Å². The number of rotatable bonds is 8. The second kappa shape index (κ2) is 8.77. The van der Waals surface area contributed by atoms with E-state index in [-0.39, 0.29) is 5.28 Å². The molecule has 1 heterocycles. The number of aromatic nitrogens is 2. The maximum atomic E-state index is 6.14. The molecule has 6 nitrogen and oxygen atoms in total. The summed E-state index contributed by atoms with van der Waals surface area (Å²) in [6, 6.07) is 11.3. The van der Waals surface area contributed by atoms with Crippen LogP contribution in [0, 0.1) is 0 Å². The molecule has 7 heteroatoms. The van der Waals surface area contributed by atoms with Crippen molar-refractivity contribution in [1.29, 1.82) is 0 Å². The number of para-hydroxylation sites is 2. The lowest BCUT2D eigenvalue weighted by molar-refractivity contribution is 0.311. The molecule has 0 unspecified atom stereocenters. The second-order valence-corrected chi connectivity index (χ2v) is 6.23. The molecule has 0 amide bonds. The van der Waals surface area contributed by atoms with Gasteiger partial charge < -0.3 is 19.5 Å². The first-order valence-corrected chi connectivity index (χ1v) is 9.12. The SMILES string of the molecule is CCCCOc1ccccc1Nc1nc(Cl)nc2cc(OC)c(OC)cc12. The van der Waals surface area contributed by atoms with Crippen LogP contribution in [0.3, 0.4) is 0 Å². The number of nitrogens with one attached hydrogen (secondary N) is 1. The zero-order valence-electron chi connectivity index (χ0n) is 15.6. The van der Waals surface area contributed by atoms with Gasteiger partial charge in [-0.3, -0.25) is 0 Å². The van der Waals surface area contributed by atoms with Gasteiger partial charge in [0.2, 0.25) is 5.28 Å². The van der Waals surface area contributed by atoms with Gasteiger partial charge >= 0.3 is 0 Å². The van der Waals surface area contributed by atoms with Crippen LogP contribution in [0.4, 0.5) is 11.5 Å². The molecule has 2 aromatic carbocycles. The summed E-state index contributed by atoms with van der Waals surface area (Å²) >= 11 is 6.14. The average Bonchev–Trinajstić information content (AvgIpc) is 2.68. The second-order valence-electron chi connectivity index (χ2n) is 5.89. The topological polar surface area (TPSA) is 65.5 Å². The van der Waals surface area contributed by atoms with Gasteiger partial charge in [-0.05, 0) is 36.2 Å². The number of fused-ring (bicyclic) bond motifs is 1. The summed E-state index contributed by atoms with van der Waals surface area (Å²) in [7, 11) is 3.17. The number of ether oxygens (including phenoxy) is 3. The molecule has 0 aliphatic carbocycles. The van der Waals surface area contributed by atoms with Crippen molar-refractivity contribution in [1.82, 2.24) is 9.97 Å². The maximum Gasteiger partial charge on any atom is 0.224 e. The number of methoxy groups -OCH3 is 2. The van der Waals surface area contributed by atoms with E-state index in [4.69, 9.17) is 25.8 Å². The Morgan fingerprint density at radius 3 is 2.48 bits per heavy atom. The molecular formula is C20H22ClN3O3. The molecule has 0 bridgehead atoms. The molecule has 0 atom stereocenters. The predicted molar refractivity (Wildman–Crippen MR) is 108 cm³/mol. The van der Waals surface area contributed by atoms with E-state index in [1.165, 1.54) is 0 Å². The first-order chi connectivity index (χ1) is 13.2. The fourth-order valence-electron chi connectivity index (χ4n) is 2.67. The zero-order valence-corrected chi connectivity index (χ0v) is 16.3. The Balaban J connectivity index is 2.02. The van der Waals surface area contributed by atoms with Crippen molar-refractivity contribution in [3.63, 3.8) is 0 Å². The van der Waals surface area contributed by atoms with E-state index >= 15 is 0 Å². The molecule has 0 aliphatic heterocycles. The van der Waals surface area contributed by atoms with Gasteiger partial charge in [0.15, 0.2) is 11.5 Å². The van der Waals surface area contributed by atoms with Gasteiger partial charge in [0, 0.05) is 11.5 Å². The first kappa shape index (κ1) is 19.0. The highest BCUT2D eigenvalue weighted by atomic mass is 35.5. The molecular weight excluding hydrogens is 366 g/mol. The smallest absolute Gasteiger partial charge is 0.224 e. The van der Waals surface area contributed by atoms with Crippen LogP contribution in [0.2, 0.25) is 5.28 Å². The van der Waals surface area contributed by atoms with E-state index in [0.29, 0.717) is 29.4 Å². The molecule has 0 aliphatic rings. The maximum absolute atomic E-state index is 6.14. The van der Waals surface area contributed by atoms with Crippen LogP contribution in [-0.2, 0) is 0 Å². The highest BCUT2D eigenvalue weighted by Gasteiger charge is 2.14. The lowest BCUT2D eigenvalue weighted by atomic mass is 10.2. The Kier molecular flexibility index (Phi) is 6.19. The Bertz CT molecular complexity index is 934. The van der Waals surface area contributed by atoms with Gasteiger partial charge in [-0.1, -0.05) is 25.5 Å². The van der Waals surface area contributed by atoms with Crippen LogP contribution < -0.4 is 19.5 Å². The minimum absolute atomic E-state index is 0.140. The Labute approximate surface area is 163 Å². The fraction of sp³-hybridized carbons (Fsp3) is 0.300. The molecule has 1 N–H and O–H groups in total. The number of anilines is 2. The molecule has 0 spiro atoms. The lowest BCUT2D eigenvalue weighted by Crippen LogP contribution is -2.02. The van der Waals surface area contributed by atoms with Crippen molar-refractivity contribution in [2.24, 2.45) is 0 Å². The van der Waals surface area contributed by atoms with Gasteiger partial charge in [-0.2, -0.15) is 4.98 Å². The molecule has 3 aromatic rings. The third-order valence-electron chi connectivity index (χ3n) is 4.07. The zero-order chi connectivity index (χ0) is 19.2. The molecule has 0 saturated heterocycles. The van der Waals surface area contributed by atoms with E-state index in [0.717, 1.165) is 29.7 Å². The highest BCUT2D eigenvalue weighted by molar-refractivity contribution is 6.28. The predicted octanol–water partition coefficient (Wildman–Crippen LogP) is 5.22. The molecule has 0 saturated carbocycles. The number of nitrogens with zero attached hydrogens (tertiary/aromatic N) is 2. The molecule has 0 fully saturated rings. The average molecular weight is 388 g/mol. The normalized spacial score (nSPS) is 10.7. The number of benzene rings is 2. The summed E-state index contributed by atoms with van der Waals surface area (Å²) in [6.07, 6.45) is 2.07. The fourth-order valence-corrected chi connectivity index (χ4v) is 2.85. The minimum atomic E-state index is 0.140. The van der Waals surface area contributed by atoms with Crippen molar-refractivity contribution in [3.8, 4) is 17.2 Å². The van der Waals surface area contributed by atoms with Crippen LogP contribution in [0.1, 0.15) is 19.8 Å². The number of halogens is 1. The van der Waals surface area contributed by atoms with Gasteiger partial charge in [-0.15, -0.1) is 0 Å². The van der Waals surface area contributed by atoms with Gasteiger partial charge in [-0.25, -0.2) is 4.98 Å². The van der Waals surface area contributed by atoms with E-state index in [1.807, 2.05) is 30.3 Å². The third kappa shape index (κ3) is 4.34. The van der Waals surface area contributed by atoms with Crippen LogP contribution in [0.5, 0.6) is 17.2 Å². The third-order valence-corrected chi connectivity index (χ3v) is 4.24. The Morgan fingerprint density at radius 1 is 1.00 bits per heavy atom. The first-order valence-electron chi connectivity index (χ1n) is 8.74. The quantitative estimate of drug-likeness (QED) is 0.422. The number of hydrogen-bond donors (Lipinski definition) is 1. The molecule has 142 valence electrons. The summed E-state index contributed by atoms with van der Waals surface area (Å²) in [6.45, 7) is 2.79. The largest absolute Gasteiger partial charge is 0.493 e. The molecule has 1 aromatic heterocycles. The standard InChI is InChI=1S/C20H22ClN3O3/c1-4-5-10-27-16-9-7-6-8-14(16)22-19-13-11-17(25-2)18(26-3)12-15(13)23-20(21)24-19/h6-9,11-12H,4-5,10H2,1-3H3,(H,22,23,24). The van der Waals surface area contributed by atoms with Crippen molar-refractivity contribution >= 4 is 34.0 Å². The van der Waals surface area contributed by atoms with Crippen LogP contribution in [-0.4, -0.2) is 30.8 Å². The molecule has 3 rings (SSSR count). The van der Waals surface area contributed by atoms with Crippen LogP contribution in [0.15, 0.2) is 36.4 Å². The van der Waals surface area contributed by atoms with Crippen molar-refractivity contribution in [2.45, 2.75) is 19.8 Å². The summed E-state index contributed by atoms with van der Waals surface area (Å²) in [5.41, 5.74) is 1.46. The number of hydrogen-bond acceptors (Lipinski definition) is 6. The summed E-state index contributed by atoms with van der Waals surface area (Å²) in [4.78, 5) is 8.65. The molecule has 0 radical (unpaired) electrons. The van der Waals surface area contributed by atoms with Gasteiger partial charge in [0.1, 0.15) is 11.6 Å². The van der Waals surface area contributed by atoms with E-state index < -0.39 is 0 Å². The van der Waals surface area contributed by atoms with Crippen molar-refractivity contribution < 1.29 is 14.2 Å². The van der Waals surface area contributed by atoms with E-state index in [9.17, 15) is 0 Å². The van der Waals surface area contributed by atoms with Crippen molar-refractivity contribution in [3.05, 3.63) is 41.7 Å². The minimum Gasteiger partial charge on any atom is -0.493 e. The summed E-state index contributed by atoms with van der Waals surface area (Å²) < 4.78 is 16.6. The molecule has 27 heavy (non-hydrogen) atoms. The lowest BCUT2D eigenvalue weighted by Gasteiger charge is -2.15. The number of unbranched alkanes of at least 4 members (excludes halogenated alkanes) is 1. The monoisotopic (exact) mass is 387 g/mol. The summed E-state index contributed by atoms with van der Waals surface area (Å²) in [5, 5.41) is 4.22. The van der Waals surface area contributed by atoms with Gasteiger partial charge in [0.25, 0.3) is 0 Å². The van der Waals surface area contributed by atoms with Crippen molar-refractivity contribution in [2.75, 3.05) is 26.1 Å². The highest BCUT2D eigenvalue weighted by Crippen LogP contribution is 2.36. The summed E-state index contributed by atoms with van der Waals surface area (Å²) in [5.74, 6) is 2.49. The Hall–Kier alpha value is -2.73. The van der Waals surface area contributed by atoms with Crippen LogP contribution in [0.25, 0.3) is 10.9 Å². The van der Waals surface area contributed by atoms with E-state index in [2.05, 4.69) is 22.2 Å². The Morgan fingerprint density at radius 2 is 1.74 bits per heavy atom. The van der Waals surface area contributed by atoms with Crippen LogP contribution >= 0.6 is 11.6 Å².